The van der Waals surface area contributed by atoms with Gasteiger partial charge in [-0.2, -0.15) is 0 Å². The van der Waals surface area contributed by atoms with Crippen LogP contribution in [0.3, 0.4) is 0 Å². The van der Waals surface area contributed by atoms with Gasteiger partial charge < -0.3 is 5.11 Å². The first-order valence-electron chi connectivity index (χ1n) is 5.94. The molecule has 2 atom stereocenters. The molecule has 90 valence electrons. The van der Waals surface area contributed by atoms with E-state index in [4.69, 9.17) is 0 Å². The van der Waals surface area contributed by atoms with Gasteiger partial charge in [0.25, 0.3) is 0 Å². The van der Waals surface area contributed by atoms with Crippen LogP contribution in [-0.2, 0) is 6.54 Å². The molecular weight excluding hydrogens is 200 g/mol. The van der Waals surface area contributed by atoms with Gasteiger partial charge in [-0.05, 0) is 44.5 Å². The summed E-state index contributed by atoms with van der Waals surface area (Å²) in [5.41, 5.74) is 1.27. The molecule has 3 nitrogen and oxygen atoms in total. The molecule has 1 N–H and O–H groups in total. The molecular formula is C13H22N2O. The number of pyridine rings is 1. The Labute approximate surface area is 98.1 Å². The smallest absolute Gasteiger partial charge is 0.0526 e. The molecule has 0 aliphatic rings. The van der Waals surface area contributed by atoms with Crippen molar-refractivity contribution in [3.05, 3.63) is 30.1 Å². The highest BCUT2D eigenvalue weighted by Crippen LogP contribution is 2.11. The number of nitrogens with zero attached hydrogens (tertiary/aromatic N) is 2. The highest BCUT2D eigenvalue weighted by atomic mass is 16.3. The molecule has 0 saturated heterocycles. The number of rotatable bonds is 6. The molecule has 0 aliphatic heterocycles. The summed E-state index contributed by atoms with van der Waals surface area (Å²) >= 11 is 0. The minimum atomic E-state index is -0.235. The van der Waals surface area contributed by atoms with Gasteiger partial charge in [0.05, 0.1) is 6.10 Å². The minimum absolute atomic E-state index is 0.235. The fraction of sp³-hybridized carbons (Fsp3) is 0.615. The summed E-state index contributed by atoms with van der Waals surface area (Å²) in [7, 11) is 0. The molecule has 2 unspecified atom stereocenters. The van der Waals surface area contributed by atoms with Crippen LogP contribution in [0, 0.1) is 0 Å². The largest absolute Gasteiger partial charge is 0.393 e. The summed E-state index contributed by atoms with van der Waals surface area (Å²) in [6.07, 6.45) is 4.23. The van der Waals surface area contributed by atoms with Gasteiger partial charge in [0.15, 0.2) is 0 Å². The van der Waals surface area contributed by atoms with Crippen molar-refractivity contribution in [1.82, 2.24) is 9.88 Å². The fourth-order valence-corrected chi connectivity index (χ4v) is 1.94. The Morgan fingerprint density at radius 1 is 1.31 bits per heavy atom. The van der Waals surface area contributed by atoms with Gasteiger partial charge in [-0.1, -0.05) is 6.92 Å². The van der Waals surface area contributed by atoms with E-state index in [0.29, 0.717) is 6.04 Å². The number of aromatic nitrogens is 1. The van der Waals surface area contributed by atoms with Crippen molar-refractivity contribution in [3.8, 4) is 0 Å². The third-order valence-corrected chi connectivity index (χ3v) is 2.85. The summed E-state index contributed by atoms with van der Waals surface area (Å²) in [5.74, 6) is 0. The molecule has 1 aromatic rings. The standard InChI is InChI=1S/C13H22N2O/c1-4-15(11(2)9-12(3)16)10-13-5-7-14-8-6-13/h5-8,11-12,16H,4,9-10H2,1-3H3. The lowest BCUT2D eigenvalue weighted by molar-refractivity contribution is 0.119. The van der Waals surface area contributed by atoms with Crippen LogP contribution in [-0.4, -0.2) is 33.7 Å². The molecule has 16 heavy (non-hydrogen) atoms. The van der Waals surface area contributed by atoms with Crippen LogP contribution in [0.5, 0.6) is 0 Å². The maximum absolute atomic E-state index is 9.40. The third-order valence-electron chi connectivity index (χ3n) is 2.85. The van der Waals surface area contributed by atoms with Crippen LogP contribution in [0.15, 0.2) is 24.5 Å². The summed E-state index contributed by atoms with van der Waals surface area (Å²) < 4.78 is 0. The van der Waals surface area contributed by atoms with Gasteiger partial charge in [-0.3, -0.25) is 9.88 Å². The quantitative estimate of drug-likeness (QED) is 0.800. The number of hydrogen-bond acceptors (Lipinski definition) is 3. The average Bonchev–Trinajstić information content (AvgIpc) is 2.26. The summed E-state index contributed by atoms with van der Waals surface area (Å²) in [6, 6.07) is 4.48. The van der Waals surface area contributed by atoms with Crippen LogP contribution in [0.25, 0.3) is 0 Å². The highest BCUT2D eigenvalue weighted by molar-refractivity contribution is 5.09. The maximum Gasteiger partial charge on any atom is 0.0526 e. The molecule has 0 saturated carbocycles. The van der Waals surface area contributed by atoms with Crippen LogP contribution >= 0.6 is 0 Å². The molecule has 0 aromatic carbocycles. The van der Waals surface area contributed by atoms with Crippen LogP contribution in [0.2, 0.25) is 0 Å². The van der Waals surface area contributed by atoms with E-state index >= 15 is 0 Å². The Morgan fingerprint density at radius 2 is 1.94 bits per heavy atom. The Hall–Kier alpha value is -0.930. The van der Waals surface area contributed by atoms with Gasteiger partial charge in [0.1, 0.15) is 0 Å². The van der Waals surface area contributed by atoms with Gasteiger partial charge in [-0.15, -0.1) is 0 Å². The van der Waals surface area contributed by atoms with Crippen molar-refractivity contribution in [2.75, 3.05) is 6.54 Å². The maximum atomic E-state index is 9.40. The van der Waals surface area contributed by atoms with Crippen LogP contribution in [0.1, 0.15) is 32.8 Å². The number of aliphatic hydroxyl groups excluding tert-OH is 1. The van der Waals surface area contributed by atoms with Crippen molar-refractivity contribution in [1.29, 1.82) is 0 Å². The van der Waals surface area contributed by atoms with E-state index in [1.54, 1.807) is 0 Å². The van der Waals surface area contributed by atoms with Gasteiger partial charge in [0, 0.05) is 25.0 Å². The Morgan fingerprint density at radius 3 is 2.44 bits per heavy atom. The number of hydrogen-bond donors (Lipinski definition) is 1. The molecule has 0 fully saturated rings. The first kappa shape index (κ1) is 13.1. The van der Waals surface area contributed by atoms with Crippen molar-refractivity contribution in [3.63, 3.8) is 0 Å². The normalized spacial score (nSPS) is 15.1. The van der Waals surface area contributed by atoms with Crippen molar-refractivity contribution in [2.45, 2.75) is 45.9 Å². The van der Waals surface area contributed by atoms with Crippen molar-refractivity contribution < 1.29 is 5.11 Å². The van der Waals surface area contributed by atoms with Gasteiger partial charge >= 0.3 is 0 Å². The van der Waals surface area contributed by atoms with Crippen LogP contribution in [0.4, 0.5) is 0 Å². The number of aliphatic hydroxyl groups is 1. The van der Waals surface area contributed by atoms with Crippen molar-refractivity contribution in [2.24, 2.45) is 0 Å². The van der Waals surface area contributed by atoms with Crippen molar-refractivity contribution >= 4 is 0 Å². The van der Waals surface area contributed by atoms with Gasteiger partial charge in [0.2, 0.25) is 0 Å². The van der Waals surface area contributed by atoms with Gasteiger partial charge in [-0.25, -0.2) is 0 Å². The zero-order valence-corrected chi connectivity index (χ0v) is 10.4. The molecule has 0 radical (unpaired) electrons. The van der Waals surface area contributed by atoms with E-state index in [9.17, 15) is 5.11 Å². The fourth-order valence-electron chi connectivity index (χ4n) is 1.94. The second-order valence-corrected chi connectivity index (χ2v) is 4.35. The third kappa shape index (κ3) is 4.29. The molecule has 1 rings (SSSR count). The first-order valence-corrected chi connectivity index (χ1v) is 5.94. The predicted octanol–water partition coefficient (Wildman–Crippen LogP) is 2.06. The zero-order chi connectivity index (χ0) is 12.0. The first-order chi connectivity index (χ1) is 7.63. The van der Waals surface area contributed by atoms with E-state index in [0.717, 1.165) is 19.5 Å². The monoisotopic (exact) mass is 222 g/mol. The minimum Gasteiger partial charge on any atom is -0.393 e. The molecule has 1 heterocycles. The van der Waals surface area contributed by atoms with Crippen LogP contribution < -0.4 is 0 Å². The lowest BCUT2D eigenvalue weighted by Gasteiger charge is -2.28. The van der Waals surface area contributed by atoms with E-state index in [2.05, 4.69) is 23.7 Å². The molecule has 0 spiro atoms. The lowest BCUT2D eigenvalue weighted by Crippen LogP contribution is -2.34. The molecule has 3 heteroatoms. The SMILES string of the molecule is CCN(Cc1ccncc1)C(C)CC(C)O. The summed E-state index contributed by atoms with van der Waals surface area (Å²) in [4.78, 5) is 6.38. The highest BCUT2D eigenvalue weighted by Gasteiger charge is 2.14. The lowest BCUT2D eigenvalue weighted by atomic mass is 10.1. The molecule has 1 aromatic heterocycles. The molecule has 0 amide bonds. The second-order valence-electron chi connectivity index (χ2n) is 4.35. The summed E-state index contributed by atoms with van der Waals surface area (Å²) in [6.45, 7) is 8.08. The average molecular weight is 222 g/mol. The molecule has 0 bridgehead atoms. The van der Waals surface area contributed by atoms with E-state index in [1.165, 1.54) is 5.56 Å². The zero-order valence-electron chi connectivity index (χ0n) is 10.4. The van der Waals surface area contributed by atoms with E-state index in [1.807, 2.05) is 31.5 Å². The van der Waals surface area contributed by atoms with E-state index < -0.39 is 0 Å². The topological polar surface area (TPSA) is 36.4 Å². The van der Waals surface area contributed by atoms with E-state index in [-0.39, 0.29) is 6.10 Å². The molecule has 0 aliphatic carbocycles. The predicted molar refractivity (Wildman–Crippen MR) is 66.1 cm³/mol. The summed E-state index contributed by atoms with van der Waals surface area (Å²) in [5, 5.41) is 9.40. The second kappa shape index (κ2) is 6.61. The Balaban J connectivity index is 2.55. The Kier molecular flexibility index (Phi) is 5.43. The Bertz CT molecular complexity index is 287.